The van der Waals surface area contributed by atoms with Gasteiger partial charge in [0.05, 0.1) is 18.7 Å². The minimum Gasteiger partial charge on any atom is -0.466 e. The monoisotopic (exact) mass is 308 g/mol. The van der Waals surface area contributed by atoms with Crippen LogP contribution in [0.5, 0.6) is 0 Å². The van der Waals surface area contributed by atoms with E-state index in [1.165, 1.54) is 10.4 Å². The molecule has 0 aromatic carbocycles. The highest BCUT2D eigenvalue weighted by molar-refractivity contribution is 7.13. The quantitative estimate of drug-likeness (QED) is 0.815. The van der Waals surface area contributed by atoms with Crippen molar-refractivity contribution in [1.29, 1.82) is 0 Å². The zero-order valence-electron chi connectivity index (χ0n) is 11.3. The van der Waals surface area contributed by atoms with E-state index in [2.05, 4.69) is 21.3 Å². The molecule has 0 saturated carbocycles. The van der Waals surface area contributed by atoms with Crippen LogP contribution in [0.3, 0.4) is 0 Å². The molecular weight excluding hydrogens is 292 g/mol. The van der Waals surface area contributed by atoms with Crippen LogP contribution in [0.2, 0.25) is 0 Å². The maximum Gasteiger partial charge on any atom is 0.311 e. The van der Waals surface area contributed by atoms with E-state index in [-0.39, 0.29) is 12.4 Å². The average Bonchev–Trinajstić information content (AvgIpc) is 3.06. The minimum atomic E-state index is -0.205. The molecular formula is C14H16N2O2S2. The number of rotatable bonds is 4. The van der Waals surface area contributed by atoms with Crippen molar-refractivity contribution < 1.29 is 9.53 Å². The molecule has 4 nitrogen and oxygen atoms in total. The Morgan fingerprint density at radius 1 is 1.50 bits per heavy atom. The first-order valence-electron chi connectivity index (χ1n) is 6.66. The standard InChI is InChI=1S/C14H16N2O2S2/c1-2-18-13(17)7-11-9-20-14(15-11)16-5-3-12-10(8-16)4-6-19-12/h4,6,9H,2-3,5,7-8H2,1H3. The summed E-state index contributed by atoms with van der Waals surface area (Å²) < 4.78 is 4.95. The maximum atomic E-state index is 11.5. The summed E-state index contributed by atoms with van der Waals surface area (Å²) in [5, 5.41) is 5.11. The van der Waals surface area contributed by atoms with Gasteiger partial charge >= 0.3 is 5.97 Å². The molecule has 1 aliphatic rings. The van der Waals surface area contributed by atoms with Crippen molar-refractivity contribution >= 4 is 33.8 Å². The number of thiazole rings is 1. The molecule has 20 heavy (non-hydrogen) atoms. The van der Waals surface area contributed by atoms with Crippen molar-refractivity contribution in [3.8, 4) is 0 Å². The molecule has 106 valence electrons. The predicted octanol–water partition coefficient (Wildman–Crippen LogP) is 2.87. The van der Waals surface area contributed by atoms with E-state index >= 15 is 0 Å². The Bertz CT molecular complexity index is 606. The van der Waals surface area contributed by atoms with Gasteiger partial charge in [-0.05, 0) is 30.4 Å². The Morgan fingerprint density at radius 2 is 2.40 bits per heavy atom. The fourth-order valence-corrected chi connectivity index (χ4v) is 4.04. The van der Waals surface area contributed by atoms with Gasteiger partial charge in [0, 0.05) is 23.3 Å². The van der Waals surface area contributed by atoms with Crippen molar-refractivity contribution in [3.63, 3.8) is 0 Å². The third-order valence-corrected chi connectivity index (χ3v) is 5.22. The molecule has 0 radical (unpaired) electrons. The van der Waals surface area contributed by atoms with E-state index in [0.717, 1.165) is 30.3 Å². The molecule has 3 rings (SSSR count). The van der Waals surface area contributed by atoms with Gasteiger partial charge in [-0.3, -0.25) is 4.79 Å². The highest BCUT2D eigenvalue weighted by Crippen LogP contribution is 2.29. The molecule has 0 bridgehead atoms. The summed E-state index contributed by atoms with van der Waals surface area (Å²) in [6.45, 7) is 4.16. The predicted molar refractivity (Wildman–Crippen MR) is 81.5 cm³/mol. The molecule has 0 saturated heterocycles. The number of anilines is 1. The van der Waals surface area contributed by atoms with E-state index in [0.29, 0.717) is 6.61 Å². The summed E-state index contributed by atoms with van der Waals surface area (Å²) in [4.78, 5) is 19.8. The topological polar surface area (TPSA) is 42.4 Å². The maximum absolute atomic E-state index is 11.5. The van der Waals surface area contributed by atoms with Crippen molar-refractivity contribution in [2.45, 2.75) is 26.3 Å². The Kier molecular flexibility index (Phi) is 4.03. The second-order valence-corrected chi connectivity index (χ2v) is 6.48. The molecule has 0 atom stereocenters. The van der Waals surface area contributed by atoms with Crippen LogP contribution in [0.25, 0.3) is 0 Å². The Labute approximate surface area is 126 Å². The van der Waals surface area contributed by atoms with Crippen LogP contribution in [0.4, 0.5) is 5.13 Å². The number of aromatic nitrogens is 1. The highest BCUT2D eigenvalue weighted by Gasteiger charge is 2.20. The second-order valence-electron chi connectivity index (χ2n) is 4.64. The van der Waals surface area contributed by atoms with E-state index in [1.807, 2.05) is 23.6 Å². The van der Waals surface area contributed by atoms with Crippen LogP contribution in [0.15, 0.2) is 16.8 Å². The molecule has 2 aromatic rings. The summed E-state index contributed by atoms with van der Waals surface area (Å²) in [7, 11) is 0. The number of nitrogens with zero attached hydrogens (tertiary/aromatic N) is 2. The van der Waals surface area contributed by atoms with Gasteiger partial charge in [0.15, 0.2) is 5.13 Å². The SMILES string of the molecule is CCOC(=O)Cc1csc(N2CCc3sccc3C2)n1. The number of ether oxygens (including phenoxy) is 1. The number of carbonyl (C=O) groups excluding carboxylic acids is 1. The van der Waals surface area contributed by atoms with Crippen LogP contribution < -0.4 is 4.90 Å². The van der Waals surface area contributed by atoms with Gasteiger partial charge in [-0.25, -0.2) is 4.98 Å². The zero-order chi connectivity index (χ0) is 13.9. The van der Waals surface area contributed by atoms with Crippen molar-refractivity contribution in [3.05, 3.63) is 33.0 Å². The van der Waals surface area contributed by atoms with E-state index in [4.69, 9.17) is 4.74 Å². The van der Waals surface area contributed by atoms with E-state index < -0.39 is 0 Å². The molecule has 2 aromatic heterocycles. The third kappa shape index (κ3) is 2.86. The molecule has 6 heteroatoms. The van der Waals surface area contributed by atoms with E-state index in [1.54, 1.807) is 11.3 Å². The van der Waals surface area contributed by atoms with Crippen molar-refractivity contribution in [2.24, 2.45) is 0 Å². The first kappa shape index (κ1) is 13.6. The van der Waals surface area contributed by atoms with Crippen LogP contribution in [0.1, 0.15) is 23.1 Å². The van der Waals surface area contributed by atoms with Crippen molar-refractivity contribution in [2.75, 3.05) is 18.1 Å². The fourth-order valence-electron chi connectivity index (χ4n) is 2.29. The first-order chi connectivity index (χ1) is 9.76. The summed E-state index contributed by atoms with van der Waals surface area (Å²) in [6, 6.07) is 2.19. The smallest absolute Gasteiger partial charge is 0.311 e. The molecule has 0 aliphatic carbocycles. The molecule has 0 N–H and O–H groups in total. The second kappa shape index (κ2) is 5.93. The lowest BCUT2D eigenvalue weighted by Crippen LogP contribution is -2.29. The molecule has 0 fully saturated rings. The van der Waals surface area contributed by atoms with Gasteiger partial charge in [-0.1, -0.05) is 0 Å². The lowest BCUT2D eigenvalue weighted by molar-refractivity contribution is -0.142. The molecule has 0 spiro atoms. The first-order valence-corrected chi connectivity index (χ1v) is 8.42. The number of hydrogen-bond acceptors (Lipinski definition) is 6. The Morgan fingerprint density at radius 3 is 3.25 bits per heavy atom. The number of esters is 1. The average molecular weight is 308 g/mol. The zero-order valence-corrected chi connectivity index (χ0v) is 12.9. The molecule has 3 heterocycles. The van der Waals surface area contributed by atoms with Crippen LogP contribution in [-0.2, 0) is 28.9 Å². The van der Waals surface area contributed by atoms with Crippen molar-refractivity contribution in [1.82, 2.24) is 4.98 Å². The third-order valence-electron chi connectivity index (χ3n) is 3.25. The summed E-state index contributed by atoms with van der Waals surface area (Å²) in [5.41, 5.74) is 2.21. The fraction of sp³-hybridized carbons (Fsp3) is 0.429. The van der Waals surface area contributed by atoms with Gasteiger partial charge in [-0.15, -0.1) is 22.7 Å². The van der Waals surface area contributed by atoms with Gasteiger partial charge in [0.1, 0.15) is 0 Å². The van der Waals surface area contributed by atoms with Gasteiger partial charge in [0.25, 0.3) is 0 Å². The highest BCUT2D eigenvalue weighted by atomic mass is 32.1. The van der Waals surface area contributed by atoms with Crippen LogP contribution in [-0.4, -0.2) is 24.1 Å². The van der Waals surface area contributed by atoms with E-state index in [9.17, 15) is 4.79 Å². The molecule has 0 amide bonds. The van der Waals surface area contributed by atoms with Gasteiger partial charge in [-0.2, -0.15) is 0 Å². The normalized spacial score (nSPS) is 14.2. The Hall–Kier alpha value is -1.40. The number of fused-ring (bicyclic) bond motifs is 1. The summed E-state index contributed by atoms with van der Waals surface area (Å²) in [5.74, 6) is -0.205. The number of carbonyl (C=O) groups is 1. The van der Waals surface area contributed by atoms with Crippen LogP contribution in [0, 0.1) is 0 Å². The summed E-state index contributed by atoms with van der Waals surface area (Å²) >= 11 is 3.44. The lowest BCUT2D eigenvalue weighted by atomic mass is 10.1. The van der Waals surface area contributed by atoms with Crippen LogP contribution >= 0.6 is 22.7 Å². The number of hydrogen-bond donors (Lipinski definition) is 0. The van der Waals surface area contributed by atoms with Gasteiger partial charge in [0.2, 0.25) is 0 Å². The summed E-state index contributed by atoms with van der Waals surface area (Å²) in [6.07, 6.45) is 1.35. The minimum absolute atomic E-state index is 0.205. The largest absolute Gasteiger partial charge is 0.466 e. The molecule has 0 unspecified atom stereocenters. The van der Waals surface area contributed by atoms with Gasteiger partial charge < -0.3 is 9.64 Å². The number of thiophene rings is 1. The lowest BCUT2D eigenvalue weighted by Gasteiger charge is -2.26. The molecule has 1 aliphatic heterocycles. The Balaban J connectivity index is 1.67.